The highest BCUT2D eigenvalue weighted by molar-refractivity contribution is 8.00. The van der Waals surface area contributed by atoms with E-state index in [1.54, 1.807) is 37.3 Å². The van der Waals surface area contributed by atoms with Crippen molar-refractivity contribution in [3.8, 4) is 0 Å². The average molecular weight is 456 g/mol. The molecule has 0 bridgehead atoms. The van der Waals surface area contributed by atoms with Crippen LogP contribution in [-0.4, -0.2) is 35.2 Å². The molecule has 0 heterocycles. The molecule has 0 saturated heterocycles. The minimum atomic E-state index is -4.73. The van der Waals surface area contributed by atoms with E-state index in [1.165, 1.54) is 0 Å². The lowest BCUT2D eigenvalue weighted by Gasteiger charge is -2.17. The summed E-state index contributed by atoms with van der Waals surface area (Å²) in [5, 5.41) is 13.7. The molecule has 0 saturated carbocycles. The van der Waals surface area contributed by atoms with Crippen LogP contribution < -0.4 is 5.32 Å². The van der Waals surface area contributed by atoms with Gasteiger partial charge in [0.25, 0.3) is 5.69 Å². The summed E-state index contributed by atoms with van der Waals surface area (Å²) in [4.78, 5) is 34.7. The van der Waals surface area contributed by atoms with Crippen molar-refractivity contribution in [1.29, 1.82) is 0 Å². The first-order chi connectivity index (χ1) is 14.6. The van der Waals surface area contributed by atoms with Gasteiger partial charge in [-0.05, 0) is 24.6 Å². The molecule has 7 nitrogen and oxygen atoms in total. The highest BCUT2D eigenvalue weighted by Gasteiger charge is 2.33. The Bertz CT molecular complexity index is 938. The molecule has 1 unspecified atom stereocenters. The molecule has 0 aliphatic heterocycles. The maximum atomic E-state index is 12.8. The van der Waals surface area contributed by atoms with Crippen LogP contribution in [0.1, 0.15) is 18.1 Å². The maximum absolute atomic E-state index is 12.8. The largest absolute Gasteiger partial charge is 0.464 e. The molecular formula is C20H19F3N2O5S. The molecule has 0 radical (unpaired) electrons. The molecular weight excluding hydrogens is 437 g/mol. The minimum absolute atomic E-state index is 0.0936. The van der Waals surface area contributed by atoms with Crippen molar-refractivity contribution in [3.05, 3.63) is 69.8 Å². The second kappa shape index (κ2) is 10.8. The van der Waals surface area contributed by atoms with Crippen LogP contribution in [-0.2, 0) is 26.9 Å². The number of halogens is 3. The third-order valence-corrected chi connectivity index (χ3v) is 5.09. The van der Waals surface area contributed by atoms with Gasteiger partial charge in [0.05, 0.1) is 27.7 Å². The van der Waals surface area contributed by atoms with E-state index in [1.807, 2.05) is 0 Å². The van der Waals surface area contributed by atoms with Gasteiger partial charge in [-0.2, -0.15) is 13.2 Å². The first kappa shape index (κ1) is 24.2. The van der Waals surface area contributed by atoms with Gasteiger partial charge in [0, 0.05) is 12.5 Å². The summed E-state index contributed by atoms with van der Waals surface area (Å²) >= 11 is 0.703. The number of carbonyl (C=O) groups excluding carboxylic acids is 2. The molecule has 1 amide bonds. The predicted octanol–water partition coefficient (Wildman–Crippen LogP) is 4.00. The van der Waals surface area contributed by atoms with E-state index in [2.05, 4.69) is 5.32 Å². The van der Waals surface area contributed by atoms with Crippen LogP contribution in [0.2, 0.25) is 0 Å². The van der Waals surface area contributed by atoms with Gasteiger partial charge in [0.15, 0.2) is 0 Å². The number of amides is 1. The minimum Gasteiger partial charge on any atom is -0.464 e. The van der Waals surface area contributed by atoms with E-state index in [-0.39, 0.29) is 23.7 Å². The lowest BCUT2D eigenvalue weighted by molar-refractivity contribution is -0.388. The van der Waals surface area contributed by atoms with Gasteiger partial charge in [-0.15, -0.1) is 11.8 Å². The van der Waals surface area contributed by atoms with E-state index in [0.717, 1.165) is 11.6 Å². The Labute approximate surface area is 180 Å². The number of thioether (sulfide) groups is 1. The van der Waals surface area contributed by atoms with Crippen LogP contribution in [0.4, 0.5) is 18.9 Å². The zero-order valence-electron chi connectivity index (χ0n) is 16.3. The van der Waals surface area contributed by atoms with Gasteiger partial charge in [0.2, 0.25) is 5.91 Å². The monoisotopic (exact) mass is 456 g/mol. The quantitative estimate of drug-likeness (QED) is 0.265. The van der Waals surface area contributed by atoms with Crippen LogP contribution >= 0.6 is 11.8 Å². The number of nitro benzene ring substituents is 1. The number of carbonyl (C=O) groups is 2. The summed E-state index contributed by atoms with van der Waals surface area (Å²) in [5.41, 5.74) is -1.12. The zero-order chi connectivity index (χ0) is 23.0. The first-order valence-corrected chi connectivity index (χ1v) is 10.1. The highest BCUT2D eigenvalue weighted by Crippen LogP contribution is 2.36. The third-order valence-electron chi connectivity index (χ3n) is 4.03. The molecule has 166 valence electrons. The molecule has 11 heteroatoms. The SMILES string of the molecule is CCOC(=O)C(Cc1ccccc1)NC(=O)CSc1ccc(C(F)(F)F)cc1[N+](=O)[O-]. The molecule has 1 N–H and O–H groups in total. The predicted molar refractivity (Wildman–Crippen MR) is 108 cm³/mol. The van der Waals surface area contributed by atoms with E-state index < -0.39 is 40.3 Å². The molecule has 0 fully saturated rings. The van der Waals surface area contributed by atoms with Gasteiger partial charge in [-0.25, -0.2) is 4.79 Å². The van der Waals surface area contributed by atoms with Crippen molar-refractivity contribution < 1.29 is 32.4 Å². The number of ether oxygens (including phenoxy) is 1. The van der Waals surface area contributed by atoms with Crippen molar-refractivity contribution in [2.45, 2.75) is 30.5 Å². The molecule has 2 rings (SSSR count). The van der Waals surface area contributed by atoms with Gasteiger partial charge in [-0.1, -0.05) is 30.3 Å². The first-order valence-electron chi connectivity index (χ1n) is 9.10. The van der Waals surface area contributed by atoms with Crippen LogP contribution in [0.5, 0.6) is 0 Å². The molecule has 0 aliphatic rings. The Kier molecular flexibility index (Phi) is 8.43. The van der Waals surface area contributed by atoms with Crippen molar-refractivity contribution >= 4 is 29.3 Å². The van der Waals surface area contributed by atoms with Crippen LogP contribution in [0.3, 0.4) is 0 Å². The van der Waals surface area contributed by atoms with Crippen molar-refractivity contribution in [2.75, 3.05) is 12.4 Å². The second-order valence-corrected chi connectivity index (χ2v) is 7.31. The normalized spacial score (nSPS) is 12.1. The van der Waals surface area contributed by atoms with Crippen LogP contribution in [0.15, 0.2) is 53.4 Å². The molecule has 2 aromatic rings. The number of esters is 1. The van der Waals surface area contributed by atoms with E-state index in [9.17, 15) is 32.9 Å². The van der Waals surface area contributed by atoms with Gasteiger partial charge < -0.3 is 10.1 Å². The van der Waals surface area contributed by atoms with E-state index >= 15 is 0 Å². The number of rotatable bonds is 9. The Morgan fingerprint density at radius 2 is 1.87 bits per heavy atom. The smallest absolute Gasteiger partial charge is 0.416 e. The summed E-state index contributed by atoms with van der Waals surface area (Å²) in [6.45, 7) is 1.74. The number of nitrogens with one attached hydrogen (secondary N) is 1. The summed E-state index contributed by atoms with van der Waals surface area (Å²) < 4.78 is 43.4. The fraction of sp³-hybridized carbons (Fsp3) is 0.300. The van der Waals surface area contributed by atoms with Gasteiger partial charge in [-0.3, -0.25) is 14.9 Å². The van der Waals surface area contributed by atoms with Crippen LogP contribution in [0.25, 0.3) is 0 Å². The second-order valence-electron chi connectivity index (χ2n) is 6.29. The fourth-order valence-electron chi connectivity index (χ4n) is 2.62. The lowest BCUT2D eigenvalue weighted by atomic mass is 10.1. The van der Waals surface area contributed by atoms with Crippen molar-refractivity contribution in [3.63, 3.8) is 0 Å². The third kappa shape index (κ3) is 7.28. The summed E-state index contributed by atoms with van der Waals surface area (Å²) in [5.74, 6) is -1.59. The Hall–Kier alpha value is -3.08. The number of hydrogen-bond acceptors (Lipinski definition) is 6. The van der Waals surface area contributed by atoms with Crippen molar-refractivity contribution in [1.82, 2.24) is 5.32 Å². The average Bonchev–Trinajstić information content (AvgIpc) is 2.71. The standard InChI is InChI=1S/C20H19F3N2O5S/c1-2-30-19(27)15(10-13-6-4-3-5-7-13)24-18(26)12-31-17-9-8-14(20(21,22)23)11-16(17)25(28)29/h3-9,11,15H,2,10,12H2,1H3,(H,24,26). The topological polar surface area (TPSA) is 98.5 Å². The molecule has 0 aromatic heterocycles. The fourth-order valence-corrected chi connectivity index (χ4v) is 3.44. The number of benzene rings is 2. The van der Waals surface area contributed by atoms with Gasteiger partial charge >= 0.3 is 12.1 Å². The Balaban J connectivity index is 2.09. The van der Waals surface area contributed by atoms with Crippen LogP contribution in [0, 0.1) is 10.1 Å². The zero-order valence-corrected chi connectivity index (χ0v) is 17.2. The summed E-state index contributed by atoms with van der Waals surface area (Å²) in [6.07, 6.45) is -4.55. The van der Waals surface area contributed by atoms with E-state index in [4.69, 9.17) is 4.74 Å². The molecule has 1 atom stereocenters. The Morgan fingerprint density at radius 3 is 2.45 bits per heavy atom. The Morgan fingerprint density at radius 1 is 1.19 bits per heavy atom. The van der Waals surface area contributed by atoms with E-state index in [0.29, 0.717) is 23.9 Å². The number of hydrogen-bond donors (Lipinski definition) is 1. The molecule has 31 heavy (non-hydrogen) atoms. The molecule has 0 spiro atoms. The highest BCUT2D eigenvalue weighted by atomic mass is 32.2. The summed E-state index contributed by atoms with van der Waals surface area (Å²) in [7, 11) is 0. The molecule has 0 aliphatic carbocycles. The lowest BCUT2D eigenvalue weighted by Crippen LogP contribution is -2.44. The molecule has 2 aromatic carbocycles. The number of nitro groups is 1. The maximum Gasteiger partial charge on any atom is 0.416 e. The van der Waals surface area contributed by atoms with Gasteiger partial charge in [0.1, 0.15) is 6.04 Å². The van der Waals surface area contributed by atoms with Crippen molar-refractivity contribution in [2.24, 2.45) is 0 Å². The number of alkyl halides is 3. The summed E-state index contributed by atoms with van der Waals surface area (Å²) in [6, 6.07) is 10.0. The number of nitrogens with zero attached hydrogens (tertiary/aromatic N) is 1.